The number of benzene rings is 1. The number of pyridine rings is 1. The summed E-state index contributed by atoms with van der Waals surface area (Å²) in [5, 5.41) is 12.5. The number of aryl methyl sites for hydroxylation is 1. The highest BCUT2D eigenvalue weighted by molar-refractivity contribution is 5.94. The Labute approximate surface area is 179 Å². The van der Waals surface area contributed by atoms with Gasteiger partial charge in [-0.2, -0.15) is 10.2 Å². The van der Waals surface area contributed by atoms with E-state index in [4.69, 9.17) is 15.6 Å². The molecule has 1 fully saturated rings. The lowest BCUT2D eigenvalue weighted by molar-refractivity contribution is 0.311. The van der Waals surface area contributed by atoms with E-state index in [2.05, 4.69) is 15.2 Å². The Morgan fingerprint density at radius 1 is 1.10 bits per heavy atom. The van der Waals surface area contributed by atoms with Crippen molar-refractivity contribution < 1.29 is 4.74 Å². The van der Waals surface area contributed by atoms with E-state index >= 15 is 0 Å². The Bertz CT molecular complexity index is 1260. The largest absolute Gasteiger partial charge is 0.439 e. The van der Waals surface area contributed by atoms with Crippen LogP contribution >= 0.6 is 0 Å². The van der Waals surface area contributed by atoms with Crippen molar-refractivity contribution in [3.05, 3.63) is 64.7 Å². The Hall–Kier alpha value is -3.52. The smallest absolute Gasteiger partial charge is 0.290 e. The molecule has 1 aliphatic carbocycles. The summed E-state index contributed by atoms with van der Waals surface area (Å²) >= 11 is 0. The molecule has 8 heteroatoms. The topological polar surface area (TPSA) is 112 Å². The molecule has 0 radical (unpaired) electrons. The molecule has 0 amide bonds. The lowest BCUT2D eigenvalue weighted by atomic mass is 9.92. The number of ether oxygens (including phenoxy) is 1. The molecule has 1 saturated carbocycles. The molecule has 5 rings (SSSR count). The van der Waals surface area contributed by atoms with Crippen LogP contribution in [-0.4, -0.2) is 31.0 Å². The third kappa shape index (κ3) is 3.70. The Morgan fingerprint density at radius 2 is 1.87 bits per heavy atom. The van der Waals surface area contributed by atoms with Crippen molar-refractivity contribution in [2.45, 2.75) is 44.7 Å². The number of H-pyrrole nitrogens is 1. The number of nitrogens with one attached hydrogen (secondary N) is 1. The normalized spacial score (nSPS) is 18.9. The Morgan fingerprint density at radius 3 is 2.58 bits per heavy atom. The van der Waals surface area contributed by atoms with Gasteiger partial charge in [-0.3, -0.25) is 9.48 Å². The van der Waals surface area contributed by atoms with Gasteiger partial charge in [0.25, 0.3) is 5.56 Å². The molecule has 3 aromatic heterocycles. The summed E-state index contributed by atoms with van der Waals surface area (Å²) in [7, 11) is 0. The second-order valence-corrected chi connectivity index (χ2v) is 8.02. The number of nitrogens with zero attached hydrogens (tertiary/aromatic N) is 4. The zero-order valence-corrected chi connectivity index (χ0v) is 17.3. The average Bonchev–Trinajstić information content (AvgIpc) is 3.20. The number of aromatic nitrogens is 5. The maximum absolute atomic E-state index is 12.7. The molecule has 0 unspecified atom stereocenters. The van der Waals surface area contributed by atoms with Gasteiger partial charge in [-0.25, -0.2) is 10.1 Å². The fourth-order valence-electron chi connectivity index (χ4n) is 4.26. The zero-order chi connectivity index (χ0) is 21.4. The van der Waals surface area contributed by atoms with Crippen molar-refractivity contribution in [3.8, 4) is 22.9 Å². The van der Waals surface area contributed by atoms with Crippen LogP contribution in [0.25, 0.3) is 22.2 Å². The van der Waals surface area contributed by atoms with Crippen LogP contribution in [0.5, 0.6) is 11.6 Å². The minimum Gasteiger partial charge on any atom is -0.439 e. The number of aromatic amines is 1. The van der Waals surface area contributed by atoms with E-state index in [1.54, 1.807) is 12.3 Å². The second-order valence-electron chi connectivity index (χ2n) is 8.02. The minimum atomic E-state index is -0.218. The van der Waals surface area contributed by atoms with Gasteiger partial charge in [0.15, 0.2) is 0 Å². The van der Waals surface area contributed by atoms with Gasteiger partial charge in [-0.15, -0.1) is 0 Å². The molecule has 31 heavy (non-hydrogen) atoms. The van der Waals surface area contributed by atoms with Crippen LogP contribution in [0.15, 0.2) is 53.5 Å². The number of fused-ring (bicyclic) bond motifs is 1. The van der Waals surface area contributed by atoms with Gasteiger partial charge in [0.2, 0.25) is 5.88 Å². The molecule has 0 spiro atoms. The maximum atomic E-state index is 12.7. The molecule has 0 saturated heterocycles. The Balaban J connectivity index is 1.55. The first-order valence-corrected chi connectivity index (χ1v) is 10.5. The molecule has 8 nitrogen and oxygen atoms in total. The third-order valence-electron chi connectivity index (χ3n) is 5.89. The lowest BCUT2D eigenvalue weighted by Crippen LogP contribution is -2.29. The van der Waals surface area contributed by atoms with Crippen molar-refractivity contribution in [1.29, 1.82) is 0 Å². The van der Waals surface area contributed by atoms with Crippen molar-refractivity contribution in [2.75, 3.05) is 0 Å². The summed E-state index contributed by atoms with van der Waals surface area (Å²) in [6.45, 7) is 1.89. The second kappa shape index (κ2) is 7.96. The SMILES string of the molecule is Cc1n[nH]c(=O)c2c1c(-c1ccc(Oc3ccccn3)cc1)nn2C1CCC(N)CC1. The quantitative estimate of drug-likeness (QED) is 0.524. The van der Waals surface area contributed by atoms with Crippen LogP contribution < -0.4 is 16.0 Å². The lowest BCUT2D eigenvalue weighted by Gasteiger charge is -2.26. The van der Waals surface area contributed by atoms with E-state index in [-0.39, 0.29) is 17.6 Å². The van der Waals surface area contributed by atoms with Crippen LogP contribution in [0, 0.1) is 6.92 Å². The molecule has 1 aliphatic rings. The van der Waals surface area contributed by atoms with Crippen LogP contribution in [-0.2, 0) is 0 Å². The molecule has 3 N–H and O–H groups in total. The number of hydrogen-bond donors (Lipinski definition) is 2. The monoisotopic (exact) mass is 416 g/mol. The first-order valence-electron chi connectivity index (χ1n) is 10.5. The van der Waals surface area contributed by atoms with Crippen LogP contribution in [0.2, 0.25) is 0 Å². The molecule has 0 atom stereocenters. The molecule has 1 aromatic carbocycles. The fraction of sp³-hybridized carbons (Fsp3) is 0.304. The molecule has 4 aromatic rings. The van der Waals surface area contributed by atoms with Gasteiger partial charge in [0.05, 0.1) is 17.1 Å². The van der Waals surface area contributed by atoms with E-state index < -0.39 is 0 Å². The zero-order valence-electron chi connectivity index (χ0n) is 17.3. The Kier molecular flexibility index (Phi) is 4.99. The van der Waals surface area contributed by atoms with Crippen molar-refractivity contribution in [3.63, 3.8) is 0 Å². The summed E-state index contributed by atoms with van der Waals surface area (Å²) in [5.74, 6) is 1.22. The highest BCUT2D eigenvalue weighted by Crippen LogP contribution is 2.35. The first-order chi connectivity index (χ1) is 15.1. The van der Waals surface area contributed by atoms with Crippen LogP contribution in [0.4, 0.5) is 0 Å². The molecule has 3 heterocycles. The standard InChI is InChI=1S/C23H24N6O2/c1-14-20-21(15-5-11-18(12-6-15)31-19-4-2-3-13-25-19)28-29(22(20)23(30)27-26-14)17-9-7-16(24)8-10-17/h2-6,11-13,16-17H,7-10,24H2,1H3,(H,27,30). The third-order valence-corrected chi connectivity index (χ3v) is 5.89. The minimum absolute atomic E-state index is 0.158. The first kappa shape index (κ1) is 19.4. The highest BCUT2D eigenvalue weighted by atomic mass is 16.5. The summed E-state index contributed by atoms with van der Waals surface area (Å²) in [5.41, 5.74) is 8.85. The molecule has 158 valence electrons. The van der Waals surface area contributed by atoms with Crippen molar-refractivity contribution in [1.82, 2.24) is 25.0 Å². The molecular formula is C23H24N6O2. The van der Waals surface area contributed by atoms with Crippen LogP contribution in [0.3, 0.4) is 0 Å². The summed E-state index contributed by atoms with van der Waals surface area (Å²) in [6.07, 6.45) is 5.38. The molecule has 0 bridgehead atoms. The summed E-state index contributed by atoms with van der Waals surface area (Å²) < 4.78 is 7.69. The van der Waals surface area contributed by atoms with Crippen molar-refractivity contribution >= 4 is 10.9 Å². The maximum Gasteiger partial charge on any atom is 0.290 e. The van der Waals surface area contributed by atoms with E-state index in [1.807, 2.05) is 48.0 Å². The fourth-order valence-corrected chi connectivity index (χ4v) is 4.26. The van der Waals surface area contributed by atoms with Crippen molar-refractivity contribution in [2.24, 2.45) is 5.73 Å². The summed E-state index contributed by atoms with van der Waals surface area (Å²) in [6, 6.07) is 13.6. The van der Waals surface area contributed by atoms with E-state index in [1.165, 1.54) is 0 Å². The summed E-state index contributed by atoms with van der Waals surface area (Å²) in [4.78, 5) is 16.9. The molecule has 0 aliphatic heterocycles. The predicted molar refractivity (Wildman–Crippen MR) is 118 cm³/mol. The number of hydrogen-bond acceptors (Lipinski definition) is 6. The van der Waals surface area contributed by atoms with Crippen LogP contribution in [0.1, 0.15) is 37.4 Å². The highest BCUT2D eigenvalue weighted by Gasteiger charge is 2.26. The predicted octanol–water partition coefficient (Wildman–Crippen LogP) is 3.72. The van der Waals surface area contributed by atoms with Gasteiger partial charge in [-0.1, -0.05) is 6.07 Å². The number of rotatable bonds is 4. The number of nitrogens with two attached hydrogens (primary N) is 1. The molecular weight excluding hydrogens is 392 g/mol. The van der Waals surface area contributed by atoms with Gasteiger partial charge in [0, 0.05) is 23.9 Å². The van der Waals surface area contributed by atoms with Gasteiger partial charge in [0.1, 0.15) is 17.0 Å². The van der Waals surface area contributed by atoms with Gasteiger partial charge in [-0.05, 0) is 62.9 Å². The van der Waals surface area contributed by atoms with E-state index in [0.717, 1.165) is 48.0 Å². The van der Waals surface area contributed by atoms with Gasteiger partial charge < -0.3 is 10.5 Å². The average molecular weight is 416 g/mol. The van der Waals surface area contributed by atoms with E-state index in [9.17, 15) is 4.79 Å². The van der Waals surface area contributed by atoms with E-state index in [0.29, 0.717) is 17.1 Å². The van der Waals surface area contributed by atoms with Gasteiger partial charge >= 0.3 is 0 Å².